The van der Waals surface area contributed by atoms with Gasteiger partial charge < -0.3 is 5.73 Å². The van der Waals surface area contributed by atoms with Gasteiger partial charge >= 0.3 is 0 Å². The van der Waals surface area contributed by atoms with Crippen LogP contribution in [0.15, 0.2) is 29.0 Å². The average molecular weight is 212 g/mol. The highest BCUT2D eigenvalue weighted by molar-refractivity contribution is 9.10. The van der Waals surface area contributed by atoms with Gasteiger partial charge in [-0.2, -0.15) is 0 Å². The lowest BCUT2D eigenvalue weighted by Crippen LogP contribution is -1.91. The molecule has 0 aliphatic rings. The highest BCUT2D eigenvalue weighted by atomic mass is 79.9. The van der Waals surface area contributed by atoms with E-state index in [1.165, 1.54) is 0 Å². The van der Waals surface area contributed by atoms with E-state index >= 15 is 0 Å². The zero-order valence-electron chi connectivity index (χ0n) is 5.66. The molecule has 0 saturated carbocycles. The molecule has 56 valence electrons. The molecule has 2 aromatic rings. The Kier molecular flexibility index (Phi) is 1.35. The number of hydrogen-bond donors (Lipinski definition) is 1. The number of pyridine rings is 1. The summed E-state index contributed by atoms with van der Waals surface area (Å²) in [5, 5.41) is 0. The van der Waals surface area contributed by atoms with Gasteiger partial charge in [0.15, 0.2) is 5.65 Å². The summed E-state index contributed by atoms with van der Waals surface area (Å²) in [4.78, 5) is 4.11. The smallest absolute Gasteiger partial charge is 0.152 e. The van der Waals surface area contributed by atoms with Crippen molar-refractivity contribution in [1.82, 2.24) is 9.38 Å². The van der Waals surface area contributed by atoms with Crippen molar-refractivity contribution < 1.29 is 0 Å². The largest absolute Gasteiger partial charge is 0.383 e. The lowest BCUT2D eigenvalue weighted by molar-refractivity contribution is 1.19. The minimum Gasteiger partial charge on any atom is -0.383 e. The van der Waals surface area contributed by atoms with Crippen LogP contribution in [0.2, 0.25) is 0 Å². The number of anilines is 1. The third-order valence-electron chi connectivity index (χ3n) is 1.52. The van der Waals surface area contributed by atoms with E-state index in [1.807, 2.05) is 22.7 Å². The van der Waals surface area contributed by atoms with E-state index in [2.05, 4.69) is 20.9 Å². The predicted octanol–water partition coefficient (Wildman–Crippen LogP) is 1.68. The summed E-state index contributed by atoms with van der Waals surface area (Å²) in [6.07, 6.45) is 3.52. The summed E-state index contributed by atoms with van der Waals surface area (Å²) in [6.45, 7) is 0. The zero-order valence-corrected chi connectivity index (χ0v) is 7.25. The van der Waals surface area contributed by atoms with E-state index in [9.17, 15) is 0 Å². The van der Waals surface area contributed by atoms with Crippen LogP contribution >= 0.6 is 15.9 Å². The van der Waals surface area contributed by atoms with Crippen LogP contribution in [0.4, 0.5) is 5.82 Å². The average Bonchev–Trinajstić information content (AvgIpc) is 2.35. The molecular formula is C7H6BrN3. The van der Waals surface area contributed by atoms with Crippen molar-refractivity contribution in [3.05, 3.63) is 29.0 Å². The second-order valence-corrected chi connectivity index (χ2v) is 3.09. The molecule has 0 saturated heterocycles. The molecule has 0 aromatic carbocycles. The molecule has 0 aliphatic heterocycles. The van der Waals surface area contributed by atoms with Crippen LogP contribution in [0.3, 0.4) is 0 Å². The lowest BCUT2D eigenvalue weighted by Gasteiger charge is -1.95. The molecular weight excluding hydrogens is 206 g/mol. The quantitative estimate of drug-likeness (QED) is 0.721. The predicted molar refractivity (Wildman–Crippen MR) is 47.3 cm³/mol. The Morgan fingerprint density at radius 3 is 3.09 bits per heavy atom. The monoisotopic (exact) mass is 211 g/mol. The first kappa shape index (κ1) is 6.67. The first-order chi connectivity index (χ1) is 5.29. The minimum absolute atomic E-state index is 0.654. The standard InChI is InChI=1S/C7H6BrN3/c8-5-2-1-3-11-6(9)4-10-7(5)11/h1-4H,9H2. The normalized spacial score (nSPS) is 10.6. The van der Waals surface area contributed by atoms with Gasteiger partial charge in [-0.1, -0.05) is 0 Å². The van der Waals surface area contributed by atoms with Crippen molar-refractivity contribution in [3.63, 3.8) is 0 Å². The van der Waals surface area contributed by atoms with Crippen LogP contribution in [0.25, 0.3) is 5.65 Å². The molecule has 4 heteroatoms. The maximum Gasteiger partial charge on any atom is 0.152 e. The number of halogens is 1. The molecule has 0 unspecified atom stereocenters. The van der Waals surface area contributed by atoms with E-state index in [1.54, 1.807) is 6.20 Å². The van der Waals surface area contributed by atoms with Gasteiger partial charge in [0.2, 0.25) is 0 Å². The molecule has 0 amide bonds. The molecule has 0 fully saturated rings. The van der Waals surface area contributed by atoms with Crippen LogP contribution < -0.4 is 5.73 Å². The summed E-state index contributed by atoms with van der Waals surface area (Å²) < 4.78 is 2.78. The van der Waals surface area contributed by atoms with Crippen molar-refractivity contribution >= 4 is 27.4 Å². The molecule has 11 heavy (non-hydrogen) atoms. The van der Waals surface area contributed by atoms with E-state index in [0.717, 1.165) is 10.1 Å². The Morgan fingerprint density at radius 1 is 1.55 bits per heavy atom. The fourth-order valence-electron chi connectivity index (χ4n) is 0.995. The van der Waals surface area contributed by atoms with Crippen molar-refractivity contribution in [3.8, 4) is 0 Å². The molecule has 2 aromatic heterocycles. The lowest BCUT2D eigenvalue weighted by atomic mass is 10.5. The number of nitrogen functional groups attached to an aromatic ring is 1. The summed E-state index contributed by atoms with van der Waals surface area (Å²) in [6, 6.07) is 3.84. The maximum absolute atomic E-state index is 5.62. The number of rotatable bonds is 0. The number of nitrogens with zero attached hydrogens (tertiary/aromatic N) is 2. The molecule has 0 radical (unpaired) electrons. The van der Waals surface area contributed by atoms with Crippen molar-refractivity contribution in [2.75, 3.05) is 5.73 Å². The van der Waals surface area contributed by atoms with Crippen molar-refractivity contribution in [2.45, 2.75) is 0 Å². The van der Waals surface area contributed by atoms with E-state index in [-0.39, 0.29) is 0 Å². The fraction of sp³-hybridized carbons (Fsp3) is 0. The summed E-state index contributed by atoms with van der Waals surface area (Å²) in [5.74, 6) is 0.654. The summed E-state index contributed by atoms with van der Waals surface area (Å²) in [5.41, 5.74) is 6.48. The van der Waals surface area contributed by atoms with Gasteiger partial charge in [0.1, 0.15) is 5.82 Å². The molecule has 2 heterocycles. The molecule has 0 aliphatic carbocycles. The third-order valence-corrected chi connectivity index (χ3v) is 2.14. The number of imidazole rings is 1. The van der Waals surface area contributed by atoms with Gasteiger partial charge in [-0.15, -0.1) is 0 Å². The second-order valence-electron chi connectivity index (χ2n) is 2.23. The van der Waals surface area contributed by atoms with E-state index in [0.29, 0.717) is 5.82 Å². The van der Waals surface area contributed by atoms with Gasteiger partial charge in [0.25, 0.3) is 0 Å². The van der Waals surface area contributed by atoms with Gasteiger partial charge in [0.05, 0.1) is 10.7 Å². The number of fused-ring (bicyclic) bond motifs is 1. The summed E-state index contributed by atoms with van der Waals surface area (Å²) in [7, 11) is 0. The topological polar surface area (TPSA) is 43.3 Å². The first-order valence-electron chi connectivity index (χ1n) is 3.16. The molecule has 2 N–H and O–H groups in total. The van der Waals surface area contributed by atoms with Crippen LogP contribution in [-0.4, -0.2) is 9.38 Å². The Balaban J connectivity index is 2.94. The van der Waals surface area contributed by atoms with Crippen LogP contribution in [0, 0.1) is 0 Å². The number of hydrogen-bond acceptors (Lipinski definition) is 2. The van der Waals surface area contributed by atoms with Gasteiger partial charge in [0, 0.05) is 6.20 Å². The minimum atomic E-state index is 0.654. The van der Waals surface area contributed by atoms with Gasteiger partial charge in [-0.25, -0.2) is 4.98 Å². The van der Waals surface area contributed by atoms with Crippen molar-refractivity contribution in [1.29, 1.82) is 0 Å². The Morgan fingerprint density at radius 2 is 2.36 bits per heavy atom. The van der Waals surface area contributed by atoms with E-state index < -0.39 is 0 Å². The zero-order chi connectivity index (χ0) is 7.84. The molecule has 3 nitrogen and oxygen atoms in total. The molecule has 0 atom stereocenters. The Labute approximate surface area is 72.0 Å². The van der Waals surface area contributed by atoms with Crippen LogP contribution in [-0.2, 0) is 0 Å². The maximum atomic E-state index is 5.62. The number of aromatic nitrogens is 2. The van der Waals surface area contributed by atoms with E-state index in [4.69, 9.17) is 5.73 Å². The molecule has 2 rings (SSSR count). The summed E-state index contributed by atoms with van der Waals surface area (Å²) >= 11 is 3.37. The number of nitrogens with two attached hydrogens (primary N) is 1. The van der Waals surface area contributed by atoms with Gasteiger partial charge in [-0.05, 0) is 28.1 Å². The SMILES string of the molecule is Nc1cnc2c(Br)cccn12. The Hall–Kier alpha value is -1.03. The first-order valence-corrected chi connectivity index (χ1v) is 3.95. The fourth-order valence-corrected chi connectivity index (χ4v) is 1.44. The highest BCUT2D eigenvalue weighted by Crippen LogP contribution is 2.17. The van der Waals surface area contributed by atoms with Crippen molar-refractivity contribution in [2.24, 2.45) is 0 Å². The van der Waals surface area contributed by atoms with Crippen LogP contribution in [0.1, 0.15) is 0 Å². The highest BCUT2D eigenvalue weighted by Gasteiger charge is 2.00. The second kappa shape index (κ2) is 2.23. The Bertz CT molecular complexity index is 393. The third kappa shape index (κ3) is 0.903. The molecule has 0 bridgehead atoms. The van der Waals surface area contributed by atoms with Gasteiger partial charge in [-0.3, -0.25) is 4.40 Å². The van der Waals surface area contributed by atoms with Crippen LogP contribution in [0.5, 0.6) is 0 Å². The molecule has 0 spiro atoms.